The Hall–Kier alpha value is -3.10. The van der Waals surface area contributed by atoms with E-state index in [1.54, 1.807) is 30.7 Å². The molecule has 2 aromatic heterocycles. The first-order valence-electron chi connectivity index (χ1n) is 9.78. The van der Waals surface area contributed by atoms with Crippen molar-refractivity contribution < 1.29 is 13.2 Å². The van der Waals surface area contributed by atoms with Gasteiger partial charge in [0, 0.05) is 49.4 Å². The molecule has 0 spiro atoms. The molecule has 0 atom stereocenters. The van der Waals surface area contributed by atoms with E-state index in [0.29, 0.717) is 25.2 Å². The molecular formula is C22H22N4O3S. The molecule has 3 heterocycles. The van der Waals surface area contributed by atoms with Crippen LogP contribution < -0.4 is 5.32 Å². The van der Waals surface area contributed by atoms with Gasteiger partial charge in [0.15, 0.2) is 0 Å². The summed E-state index contributed by atoms with van der Waals surface area (Å²) in [6.45, 7) is 1.40. The maximum Gasteiger partial charge on any atom is 0.251 e. The molecule has 0 aliphatic carbocycles. The minimum absolute atomic E-state index is 0.215. The van der Waals surface area contributed by atoms with Gasteiger partial charge in [-0.05, 0) is 60.9 Å². The number of rotatable bonds is 6. The van der Waals surface area contributed by atoms with Gasteiger partial charge in [0.05, 0.1) is 10.6 Å². The Balaban J connectivity index is 1.45. The molecule has 8 heteroatoms. The fraction of sp³-hybridized carbons (Fsp3) is 0.227. The third-order valence-electron chi connectivity index (χ3n) is 5.08. The van der Waals surface area contributed by atoms with Crippen molar-refractivity contribution >= 4 is 15.9 Å². The number of nitrogens with zero attached hydrogens (tertiary/aromatic N) is 3. The van der Waals surface area contributed by atoms with Gasteiger partial charge in [0.2, 0.25) is 10.0 Å². The number of carbonyl (C=O) groups is 1. The molecule has 154 valence electrons. The lowest BCUT2D eigenvalue weighted by Gasteiger charge is -2.15. The van der Waals surface area contributed by atoms with Gasteiger partial charge in [-0.1, -0.05) is 6.07 Å². The van der Waals surface area contributed by atoms with Crippen LogP contribution in [0.1, 0.15) is 28.8 Å². The van der Waals surface area contributed by atoms with E-state index in [-0.39, 0.29) is 10.8 Å². The van der Waals surface area contributed by atoms with Crippen LogP contribution in [0.4, 0.5) is 0 Å². The summed E-state index contributed by atoms with van der Waals surface area (Å²) in [5.74, 6) is -0.277. The van der Waals surface area contributed by atoms with Crippen molar-refractivity contribution in [1.29, 1.82) is 0 Å². The second-order valence-electron chi connectivity index (χ2n) is 7.07. The maximum absolute atomic E-state index is 12.6. The number of nitrogens with one attached hydrogen (secondary N) is 1. The lowest BCUT2D eigenvalue weighted by Crippen LogP contribution is -2.28. The van der Waals surface area contributed by atoms with Gasteiger partial charge in [-0.25, -0.2) is 8.42 Å². The maximum atomic E-state index is 12.6. The van der Waals surface area contributed by atoms with Crippen LogP contribution in [0.3, 0.4) is 0 Å². The van der Waals surface area contributed by atoms with Crippen LogP contribution in [-0.4, -0.2) is 41.7 Å². The summed E-state index contributed by atoms with van der Waals surface area (Å²) in [5.41, 5.74) is 2.91. The number of pyridine rings is 2. The summed E-state index contributed by atoms with van der Waals surface area (Å²) < 4.78 is 26.7. The van der Waals surface area contributed by atoms with Crippen molar-refractivity contribution in [2.45, 2.75) is 24.3 Å². The number of hydrogen-bond donors (Lipinski definition) is 1. The summed E-state index contributed by atoms with van der Waals surface area (Å²) in [4.78, 5) is 21.3. The van der Waals surface area contributed by atoms with Gasteiger partial charge in [-0.15, -0.1) is 0 Å². The molecule has 1 saturated heterocycles. The minimum atomic E-state index is -3.49. The molecule has 4 rings (SSSR count). The standard InChI is InChI=1S/C22H22N4O3S/c27-22(17-7-9-20(10-8-17)30(28,29)26-13-1-2-14-26)25-16-19-6-4-12-24-21(19)18-5-3-11-23-15-18/h3-12,15H,1-2,13-14,16H2,(H,25,27). The number of aromatic nitrogens is 2. The minimum Gasteiger partial charge on any atom is -0.348 e. The molecular weight excluding hydrogens is 400 g/mol. The van der Waals surface area contributed by atoms with Gasteiger partial charge in [-0.2, -0.15) is 4.31 Å². The molecule has 30 heavy (non-hydrogen) atoms. The smallest absolute Gasteiger partial charge is 0.251 e. The van der Waals surface area contributed by atoms with Crippen LogP contribution in [0, 0.1) is 0 Å². The first kappa shape index (κ1) is 20.2. The van der Waals surface area contributed by atoms with E-state index in [0.717, 1.165) is 29.7 Å². The number of hydrogen-bond acceptors (Lipinski definition) is 5. The van der Waals surface area contributed by atoms with E-state index in [9.17, 15) is 13.2 Å². The third-order valence-corrected chi connectivity index (χ3v) is 7.00. The zero-order valence-corrected chi connectivity index (χ0v) is 17.2. The second kappa shape index (κ2) is 8.73. The fourth-order valence-corrected chi connectivity index (χ4v) is 4.99. The molecule has 1 amide bonds. The number of benzene rings is 1. The molecule has 1 aliphatic heterocycles. The van der Waals surface area contributed by atoms with Crippen LogP contribution >= 0.6 is 0 Å². The molecule has 1 N–H and O–H groups in total. The Labute approximate surface area is 175 Å². The molecule has 1 fully saturated rings. The number of amides is 1. The second-order valence-corrected chi connectivity index (χ2v) is 9.01. The van der Waals surface area contributed by atoms with E-state index in [1.165, 1.54) is 16.4 Å². The van der Waals surface area contributed by atoms with Gasteiger partial charge >= 0.3 is 0 Å². The molecule has 1 aromatic carbocycles. The monoisotopic (exact) mass is 422 g/mol. The predicted molar refractivity (Wildman–Crippen MR) is 113 cm³/mol. The Bertz CT molecular complexity index is 1130. The van der Waals surface area contributed by atoms with E-state index >= 15 is 0 Å². The van der Waals surface area contributed by atoms with Crippen LogP contribution in [0.25, 0.3) is 11.3 Å². The van der Waals surface area contributed by atoms with Crippen molar-refractivity contribution in [3.8, 4) is 11.3 Å². The van der Waals surface area contributed by atoms with Crippen molar-refractivity contribution in [2.75, 3.05) is 13.1 Å². The van der Waals surface area contributed by atoms with Crippen LogP contribution in [0.5, 0.6) is 0 Å². The molecule has 0 radical (unpaired) electrons. The zero-order chi connectivity index (χ0) is 21.0. The number of carbonyl (C=O) groups excluding carboxylic acids is 1. The molecule has 1 aliphatic rings. The molecule has 3 aromatic rings. The zero-order valence-electron chi connectivity index (χ0n) is 16.4. The summed E-state index contributed by atoms with van der Waals surface area (Å²) in [6.07, 6.45) is 6.89. The van der Waals surface area contributed by atoms with Gasteiger partial charge < -0.3 is 5.32 Å². The average Bonchev–Trinajstić information content (AvgIpc) is 3.34. The number of sulfonamides is 1. The Morgan fingerprint density at radius 2 is 1.73 bits per heavy atom. The lowest BCUT2D eigenvalue weighted by atomic mass is 10.1. The van der Waals surface area contributed by atoms with Crippen LogP contribution in [-0.2, 0) is 16.6 Å². The topological polar surface area (TPSA) is 92.3 Å². The molecule has 0 saturated carbocycles. The fourth-order valence-electron chi connectivity index (χ4n) is 3.48. The quantitative estimate of drug-likeness (QED) is 0.659. The highest BCUT2D eigenvalue weighted by Gasteiger charge is 2.27. The van der Waals surface area contributed by atoms with E-state index in [4.69, 9.17) is 0 Å². The largest absolute Gasteiger partial charge is 0.348 e. The predicted octanol–water partition coefficient (Wildman–Crippen LogP) is 2.86. The summed E-state index contributed by atoms with van der Waals surface area (Å²) in [6, 6.07) is 13.6. The SMILES string of the molecule is O=C(NCc1cccnc1-c1cccnc1)c1ccc(S(=O)(=O)N2CCCC2)cc1. The Kier molecular flexibility index (Phi) is 5.87. The highest BCUT2D eigenvalue weighted by atomic mass is 32.2. The van der Waals surface area contributed by atoms with Gasteiger partial charge in [0.1, 0.15) is 0 Å². The van der Waals surface area contributed by atoms with Gasteiger partial charge in [-0.3, -0.25) is 14.8 Å². The average molecular weight is 423 g/mol. The summed E-state index contributed by atoms with van der Waals surface area (Å²) in [7, 11) is -3.49. The Morgan fingerprint density at radius 1 is 1.00 bits per heavy atom. The van der Waals surface area contributed by atoms with Crippen molar-refractivity contribution in [2.24, 2.45) is 0 Å². The Morgan fingerprint density at radius 3 is 2.43 bits per heavy atom. The first-order chi connectivity index (χ1) is 14.6. The van der Waals surface area contributed by atoms with Gasteiger partial charge in [0.25, 0.3) is 5.91 Å². The normalized spacial score (nSPS) is 14.5. The molecule has 0 bridgehead atoms. The summed E-state index contributed by atoms with van der Waals surface area (Å²) in [5, 5.41) is 2.88. The lowest BCUT2D eigenvalue weighted by molar-refractivity contribution is 0.0951. The van der Waals surface area contributed by atoms with E-state index in [1.807, 2.05) is 24.3 Å². The third kappa shape index (κ3) is 4.24. The first-order valence-corrected chi connectivity index (χ1v) is 11.2. The van der Waals surface area contributed by atoms with Crippen molar-refractivity contribution in [1.82, 2.24) is 19.6 Å². The van der Waals surface area contributed by atoms with Crippen molar-refractivity contribution in [3.05, 3.63) is 78.2 Å². The van der Waals surface area contributed by atoms with Crippen LogP contribution in [0.2, 0.25) is 0 Å². The summed E-state index contributed by atoms with van der Waals surface area (Å²) >= 11 is 0. The molecule has 0 unspecified atom stereocenters. The van der Waals surface area contributed by atoms with Crippen molar-refractivity contribution in [3.63, 3.8) is 0 Å². The highest BCUT2D eigenvalue weighted by Crippen LogP contribution is 2.22. The highest BCUT2D eigenvalue weighted by molar-refractivity contribution is 7.89. The van der Waals surface area contributed by atoms with E-state index < -0.39 is 10.0 Å². The van der Waals surface area contributed by atoms with E-state index in [2.05, 4.69) is 15.3 Å². The van der Waals surface area contributed by atoms with Crippen LogP contribution in [0.15, 0.2) is 72.0 Å². The molecule has 7 nitrogen and oxygen atoms in total.